The first kappa shape index (κ1) is 15.6. The standard InChI is InChI=1S/C20H21N5/c1-15-12-17(23-20(22-15)16-6-4-3-5-7-16)14-25-11-10-24(2)18-8-9-21-13-19(18)25/h3-9,12-13H,10-11,14H2,1-2H3. The van der Waals surface area contributed by atoms with Crippen molar-refractivity contribution in [2.24, 2.45) is 0 Å². The predicted octanol–water partition coefficient (Wildman–Crippen LogP) is 3.30. The Bertz CT molecular complexity index is 878. The van der Waals surface area contributed by atoms with E-state index < -0.39 is 0 Å². The van der Waals surface area contributed by atoms with Gasteiger partial charge in [0.1, 0.15) is 0 Å². The van der Waals surface area contributed by atoms with E-state index in [0.29, 0.717) is 0 Å². The van der Waals surface area contributed by atoms with Crippen LogP contribution in [0.4, 0.5) is 11.4 Å². The minimum atomic E-state index is 0.760. The van der Waals surface area contributed by atoms with Crippen molar-refractivity contribution in [2.75, 3.05) is 29.9 Å². The van der Waals surface area contributed by atoms with Gasteiger partial charge in [-0.3, -0.25) is 4.98 Å². The number of aromatic nitrogens is 3. The van der Waals surface area contributed by atoms with Gasteiger partial charge in [0, 0.05) is 37.6 Å². The number of nitrogens with zero attached hydrogens (tertiary/aromatic N) is 5. The molecular formula is C20H21N5. The minimum Gasteiger partial charge on any atom is -0.371 e. The second-order valence-electron chi connectivity index (χ2n) is 6.40. The number of rotatable bonds is 3. The fourth-order valence-electron chi connectivity index (χ4n) is 3.25. The number of aryl methyl sites for hydroxylation is 1. The van der Waals surface area contributed by atoms with Crippen molar-refractivity contribution in [3.63, 3.8) is 0 Å². The first-order valence-corrected chi connectivity index (χ1v) is 8.51. The zero-order valence-electron chi connectivity index (χ0n) is 14.6. The molecule has 0 saturated heterocycles. The molecule has 0 spiro atoms. The Morgan fingerprint density at radius 3 is 2.68 bits per heavy atom. The maximum Gasteiger partial charge on any atom is 0.159 e. The van der Waals surface area contributed by atoms with Crippen molar-refractivity contribution in [1.82, 2.24) is 15.0 Å². The molecule has 3 heterocycles. The summed E-state index contributed by atoms with van der Waals surface area (Å²) in [6.45, 7) is 4.73. The van der Waals surface area contributed by atoms with Crippen LogP contribution in [0.15, 0.2) is 54.9 Å². The highest BCUT2D eigenvalue weighted by Gasteiger charge is 2.21. The lowest BCUT2D eigenvalue weighted by atomic mass is 10.2. The number of pyridine rings is 1. The van der Waals surface area contributed by atoms with Gasteiger partial charge in [-0.25, -0.2) is 9.97 Å². The van der Waals surface area contributed by atoms with Crippen molar-refractivity contribution in [1.29, 1.82) is 0 Å². The number of anilines is 2. The summed E-state index contributed by atoms with van der Waals surface area (Å²) >= 11 is 0. The predicted molar refractivity (Wildman–Crippen MR) is 101 cm³/mol. The summed E-state index contributed by atoms with van der Waals surface area (Å²) in [5, 5.41) is 0. The van der Waals surface area contributed by atoms with E-state index in [2.05, 4.69) is 38.9 Å². The van der Waals surface area contributed by atoms with Gasteiger partial charge in [-0.1, -0.05) is 30.3 Å². The highest BCUT2D eigenvalue weighted by atomic mass is 15.3. The molecule has 5 heteroatoms. The first-order valence-electron chi connectivity index (χ1n) is 8.51. The van der Waals surface area contributed by atoms with Gasteiger partial charge in [0.15, 0.2) is 5.82 Å². The largest absolute Gasteiger partial charge is 0.371 e. The molecule has 0 saturated carbocycles. The molecule has 0 unspecified atom stereocenters. The Kier molecular flexibility index (Phi) is 4.06. The van der Waals surface area contributed by atoms with Crippen LogP contribution in [0.5, 0.6) is 0 Å². The van der Waals surface area contributed by atoms with Crippen LogP contribution in [-0.2, 0) is 6.54 Å². The van der Waals surface area contributed by atoms with Crippen LogP contribution in [0, 0.1) is 6.92 Å². The summed E-state index contributed by atoms with van der Waals surface area (Å²) in [7, 11) is 2.12. The zero-order valence-corrected chi connectivity index (χ0v) is 14.6. The average molecular weight is 331 g/mol. The Labute approximate surface area is 148 Å². The third-order valence-corrected chi connectivity index (χ3v) is 4.53. The number of hydrogen-bond donors (Lipinski definition) is 0. The molecule has 1 aliphatic heterocycles. The van der Waals surface area contributed by atoms with Crippen LogP contribution in [0.25, 0.3) is 11.4 Å². The van der Waals surface area contributed by atoms with Crippen LogP contribution < -0.4 is 9.80 Å². The van der Waals surface area contributed by atoms with E-state index in [9.17, 15) is 0 Å². The lowest BCUT2D eigenvalue weighted by molar-refractivity contribution is 0.720. The Morgan fingerprint density at radius 2 is 1.84 bits per heavy atom. The van der Waals surface area contributed by atoms with Gasteiger partial charge in [0.2, 0.25) is 0 Å². The van der Waals surface area contributed by atoms with Crippen LogP contribution in [0.2, 0.25) is 0 Å². The molecular weight excluding hydrogens is 310 g/mol. The van der Waals surface area contributed by atoms with E-state index in [4.69, 9.17) is 4.98 Å². The van der Waals surface area contributed by atoms with Crippen molar-refractivity contribution in [2.45, 2.75) is 13.5 Å². The third kappa shape index (κ3) is 3.18. The van der Waals surface area contributed by atoms with Crippen LogP contribution in [-0.4, -0.2) is 35.1 Å². The molecule has 0 atom stereocenters. The quantitative estimate of drug-likeness (QED) is 0.737. The fourth-order valence-corrected chi connectivity index (χ4v) is 3.25. The lowest BCUT2D eigenvalue weighted by Crippen LogP contribution is -2.39. The topological polar surface area (TPSA) is 45.2 Å². The molecule has 0 N–H and O–H groups in total. The minimum absolute atomic E-state index is 0.760. The number of hydrogen-bond acceptors (Lipinski definition) is 5. The van der Waals surface area contributed by atoms with Crippen LogP contribution in [0.3, 0.4) is 0 Å². The highest BCUT2D eigenvalue weighted by molar-refractivity contribution is 5.72. The Balaban J connectivity index is 1.66. The molecule has 25 heavy (non-hydrogen) atoms. The van der Waals surface area contributed by atoms with E-state index in [1.54, 1.807) is 0 Å². The summed E-state index contributed by atoms with van der Waals surface area (Å²) in [6, 6.07) is 14.3. The maximum absolute atomic E-state index is 4.80. The van der Waals surface area contributed by atoms with Gasteiger partial charge >= 0.3 is 0 Å². The molecule has 0 bridgehead atoms. The van der Waals surface area contributed by atoms with Crippen molar-refractivity contribution in [3.05, 3.63) is 66.2 Å². The molecule has 126 valence electrons. The van der Waals surface area contributed by atoms with E-state index in [0.717, 1.165) is 48.1 Å². The normalized spacial score (nSPS) is 13.7. The van der Waals surface area contributed by atoms with Gasteiger partial charge in [-0.15, -0.1) is 0 Å². The molecule has 1 aromatic carbocycles. The van der Waals surface area contributed by atoms with Crippen molar-refractivity contribution < 1.29 is 0 Å². The smallest absolute Gasteiger partial charge is 0.159 e. The number of likely N-dealkylation sites (N-methyl/N-ethyl adjacent to an activating group) is 1. The molecule has 0 fully saturated rings. The van der Waals surface area contributed by atoms with Gasteiger partial charge in [0.25, 0.3) is 0 Å². The third-order valence-electron chi connectivity index (χ3n) is 4.53. The molecule has 4 rings (SSSR count). The lowest BCUT2D eigenvalue weighted by Gasteiger charge is -2.36. The molecule has 5 nitrogen and oxygen atoms in total. The maximum atomic E-state index is 4.80. The molecule has 0 amide bonds. The van der Waals surface area contributed by atoms with E-state index in [1.807, 2.05) is 49.6 Å². The van der Waals surface area contributed by atoms with E-state index >= 15 is 0 Å². The summed E-state index contributed by atoms with van der Waals surface area (Å²) in [4.78, 5) is 18.3. The molecule has 0 aliphatic carbocycles. The monoisotopic (exact) mass is 331 g/mol. The molecule has 2 aromatic heterocycles. The molecule has 0 radical (unpaired) electrons. The van der Waals surface area contributed by atoms with E-state index in [-0.39, 0.29) is 0 Å². The van der Waals surface area contributed by atoms with Crippen LogP contribution >= 0.6 is 0 Å². The summed E-state index contributed by atoms with van der Waals surface area (Å²) in [6.07, 6.45) is 3.79. The average Bonchev–Trinajstić information content (AvgIpc) is 2.65. The highest BCUT2D eigenvalue weighted by Crippen LogP contribution is 2.31. The fraction of sp³-hybridized carbons (Fsp3) is 0.250. The van der Waals surface area contributed by atoms with Gasteiger partial charge < -0.3 is 9.80 Å². The Morgan fingerprint density at radius 1 is 1.00 bits per heavy atom. The van der Waals surface area contributed by atoms with Gasteiger partial charge in [-0.2, -0.15) is 0 Å². The first-order chi connectivity index (χ1) is 12.2. The zero-order chi connectivity index (χ0) is 17.2. The second-order valence-corrected chi connectivity index (χ2v) is 6.40. The van der Waals surface area contributed by atoms with Gasteiger partial charge in [-0.05, 0) is 19.1 Å². The number of benzene rings is 1. The summed E-state index contributed by atoms with van der Waals surface area (Å²) in [5.41, 5.74) is 5.45. The van der Waals surface area contributed by atoms with Crippen LogP contribution in [0.1, 0.15) is 11.4 Å². The molecule has 1 aliphatic rings. The number of fused-ring (bicyclic) bond motifs is 1. The molecule has 3 aromatic rings. The second kappa shape index (κ2) is 6.51. The summed E-state index contributed by atoms with van der Waals surface area (Å²) in [5.74, 6) is 0.788. The van der Waals surface area contributed by atoms with Crippen molar-refractivity contribution in [3.8, 4) is 11.4 Å². The van der Waals surface area contributed by atoms with E-state index in [1.165, 1.54) is 5.69 Å². The SMILES string of the molecule is Cc1cc(CN2CCN(C)c3ccncc32)nc(-c2ccccc2)n1. The Hall–Kier alpha value is -2.95. The summed E-state index contributed by atoms with van der Waals surface area (Å²) < 4.78 is 0. The van der Waals surface area contributed by atoms with Crippen molar-refractivity contribution >= 4 is 11.4 Å². The van der Waals surface area contributed by atoms with Gasteiger partial charge in [0.05, 0.1) is 29.8 Å².